The Morgan fingerprint density at radius 2 is 1.27 bits per heavy atom. The third-order valence-corrected chi connectivity index (χ3v) is 1.79. The maximum absolute atomic E-state index is 12.5. The zero-order valence-electron chi connectivity index (χ0n) is 7.46. The van der Waals surface area contributed by atoms with Gasteiger partial charge in [-0.15, -0.1) is 0 Å². The van der Waals surface area contributed by atoms with Crippen molar-refractivity contribution in [3.63, 3.8) is 0 Å². The maximum atomic E-state index is 12.5. The summed E-state index contributed by atoms with van der Waals surface area (Å²) < 4.78 is 97.1. The van der Waals surface area contributed by atoms with Crippen LogP contribution in [-0.4, -0.2) is 30.6 Å². The lowest BCUT2D eigenvalue weighted by Crippen LogP contribution is -2.49. The van der Waals surface area contributed by atoms with Crippen LogP contribution in [0.2, 0.25) is 0 Å². The highest BCUT2D eigenvalue weighted by molar-refractivity contribution is 4.92. The Kier molecular flexibility index (Phi) is 4.36. The topological polar surface area (TPSA) is 0 Å². The maximum Gasteiger partial charge on any atom is 0.340 e. The molecule has 0 aromatic heterocycles. The minimum Gasteiger partial charge on any atom is -0.237 e. The Hall–Kier alpha value is -0.560. The number of alkyl halides is 8. The minimum atomic E-state index is -5.42. The summed E-state index contributed by atoms with van der Waals surface area (Å²) in [6.07, 6.45) is -14.0. The molecule has 0 spiro atoms. The zero-order valence-corrected chi connectivity index (χ0v) is 7.46. The van der Waals surface area contributed by atoms with E-state index in [1.807, 2.05) is 0 Å². The van der Waals surface area contributed by atoms with E-state index < -0.39 is 37.0 Å². The molecule has 0 radical (unpaired) electrons. The van der Waals surface area contributed by atoms with Gasteiger partial charge in [0.05, 0.1) is 0 Å². The Bertz CT molecular complexity index is 201. The van der Waals surface area contributed by atoms with Crippen molar-refractivity contribution < 1.29 is 35.1 Å². The number of rotatable bonds is 5. The van der Waals surface area contributed by atoms with E-state index in [9.17, 15) is 35.1 Å². The second kappa shape index (κ2) is 4.52. The molecule has 0 nitrogen and oxygen atoms in total. The van der Waals surface area contributed by atoms with Gasteiger partial charge in [0, 0.05) is 6.42 Å². The fourth-order valence-electron chi connectivity index (χ4n) is 0.725. The summed E-state index contributed by atoms with van der Waals surface area (Å²) in [5, 5.41) is 0. The standard InChI is InChI=1S/C7H8F8/c1-2-6(12,13)3(8)4(9)7(14,15)5(10)11/h3-5H,2H2,1H3/t3?,4-/m0/s1. The highest BCUT2D eigenvalue weighted by Crippen LogP contribution is 2.38. The third kappa shape index (κ3) is 2.94. The van der Waals surface area contributed by atoms with Gasteiger partial charge in [-0.1, -0.05) is 6.92 Å². The molecule has 0 aliphatic heterocycles. The number of hydrogen-bond acceptors (Lipinski definition) is 0. The molecule has 0 saturated heterocycles. The summed E-state index contributed by atoms with van der Waals surface area (Å²) in [4.78, 5) is 0. The number of halogens is 8. The summed E-state index contributed by atoms with van der Waals surface area (Å²) in [6, 6.07) is 0. The normalized spacial score (nSPS) is 18.0. The van der Waals surface area contributed by atoms with Gasteiger partial charge in [-0.2, -0.15) is 8.78 Å². The predicted molar refractivity (Wildman–Crippen MR) is 36.0 cm³/mol. The summed E-state index contributed by atoms with van der Waals surface area (Å²) in [6.45, 7) is 0.722. The van der Waals surface area contributed by atoms with Crippen LogP contribution in [0.4, 0.5) is 35.1 Å². The summed E-state index contributed by atoms with van der Waals surface area (Å²) >= 11 is 0. The Balaban J connectivity index is 4.79. The molecule has 0 N–H and O–H groups in total. The predicted octanol–water partition coefficient (Wildman–Crippen LogP) is 3.61. The molecule has 0 saturated carbocycles. The molecule has 0 amide bonds. The summed E-state index contributed by atoms with van der Waals surface area (Å²) in [5.41, 5.74) is 0. The molecule has 0 aliphatic rings. The second-order valence-corrected chi connectivity index (χ2v) is 2.89. The van der Waals surface area contributed by atoms with Crippen LogP contribution in [0.25, 0.3) is 0 Å². The molecular formula is C7H8F8. The molecule has 0 aromatic carbocycles. The van der Waals surface area contributed by atoms with Crippen molar-refractivity contribution in [1.82, 2.24) is 0 Å². The largest absolute Gasteiger partial charge is 0.340 e. The molecule has 0 bridgehead atoms. The lowest BCUT2D eigenvalue weighted by Gasteiger charge is -2.27. The first-order valence-corrected chi connectivity index (χ1v) is 3.89. The van der Waals surface area contributed by atoms with Gasteiger partial charge in [0.2, 0.25) is 12.3 Å². The van der Waals surface area contributed by atoms with Crippen LogP contribution in [-0.2, 0) is 0 Å². The average Bonchev–Trinajstić information content (AvgIpc) is 2.15. The minimum absolute atomic E-state index is 0.722. The Morgan fingerprint density at radius 3 is 1.53 bits per heavy atom. The molecule has 0 aromatic rings. The van der Waals surface area contributed by atoms with Crippen molar-refractivity contribution in [3.8, 4) is 0 Å². The van der Waals surface area contributed by atoms with Crippen LogP contribution in [0.3, 0.4) is 0 Å². The monoisotopic (exact) mass is 244 g/mol. The zero-order chi connectivity index (χ0) is 12.4. The van der Waals surface area contributed by atoms with E-state index in [1.165, 1.54) is 0 Å². The van der Waals surface area contributed by atoms with Gasteiger partial charge in [-0.05, 0) is 0 Å². The molecule has 92 valence electrons. The average molecular weight is 244 g/mol. The van der Waals surface area contributed by atoms with Gasteiger partial charge in [0.15, 0.2) is 0 Å². The molecule has 0 heterocycles. The quantitative estimate of drug-likeness (QED) is 0.648. The van der Waals surface area contributed by atoms with E-state index in [-0.39, 0.29) is 0 Å². The summed E-state index contributed by atoms with van der Waals surface area (Å²) in [5.74, 6) is -9.81. The van der Waals surface area contributed by atoms with Crippen molar-refractivity contribution in [1.29, 1.82) is 0 Å². The van der Waals surface area contributed by atoms with Crippen molar-refractivity contribution in [2.24, 2.45) is 0 Å². The van der Waals surface area contributed by atoms with E-state index in [2.05, 4.69) is 0 Å². The van der Waals surface area contributed by atoms with Crippen LogP contribution in [0.5, 0.6) is 0 Å². The van der Waals surface area contributed by atoms with E-state index in [1.54, 1.807) is 0 Å². The van der Waals surface area contributed by atoms with Crippen LogP contribution < -0.4 is 0 Å². The van der Waals surface area contributed by atoms with Crippen LogP contribution in [0.15, 0.2) is 0 Å². The second-order valence-electron chi connectivity index (χ2n) is 2.89. The van der Waals surface area contributed by atoms with Gasteiger partial charge < -0.3 is 0 Å². The molecule has 0 aliphatic carbocycles. The SMILES string of the molecule is CCC(F)(F)C(F)[C@H](F)C(F)(F)C(F)F. The Morgan fingerprint density at radius 1 is 0.867 bits per heavy atom. The van der Waals surface area contributed by atoms with Gasteiger partial charge in [-0.3, -0.25) is 0 Å². The van der Waals surface area contributed by atoms with Gasteiger partial charge in [-0.25, -0.2) is 26.3 Å². The first-order chi connectivity index (χ1) is 6.57. The lowest BCUT2D eigenvalue weighted by atomic mass is 10.0. The van der Waals surface area contributed by atoms with Crippen LogP contribution in [0.1, 0.15) is 13.3 Å². The first-order valence-electron chi connectivity index (χ1n) is 3.89. The first kappa shape index (κ1) is 14.4. The summed E-state index contributed by atoms with van der Waals surface area (Å²) in [7, 11) is 0. The van der Waals surface area contributed by atoms with Gasteiger partial charge >= 0.3 is 12.3 Å². The number of hydrogen-bond donors (Lipinski definition) is 0. The van der Waals surface area contributed by atoms with Crippen molar-refractivity contribution in [3.05, 3.63) is 0 Å². The highest BCUT2D eigenvalue weighted by atomic mass is 19.3. The molecule has 0 rings (SSSR count). The highest BCUT2D eigenvalue weighted by Gasteiger charge is 2.59. The van der Waals surface area contributed by atoms with E-state index >= 15 is 0 Å². The lowest BCUT2D eigenvalue weighted by molar-refractivity contribution is -0.214. The van der Waals surface area contributed by atoms with E-state index in [0.29, 0.717) is 0 Å². The molecule has 8 heteroatoms. The molecular weight excluding hydrogens is 236 g/mol. The van der Waals surface area contributed by atoms with Crippen molar-refractivity contribution in [2.75, 3.05) is 0 Å². The van der Waals surface area contributed by atoms with Crippen LogP contribution in [0, 0.1) is 0 Å². The van der Waals surface area contributed by atoms with E-state index in [4.69, 9.17) is 0 Å². The van der Waals surface area contributed by atoms with E-state index in [0.717, 1.165) is 6.92 Å². The van der Waals surface area contributed by atoms with Crippen molar-refractivity contribution in [2.45, 2.75) is 44.0 Å². The Labute approximate surface area is 80.3 Å². The molecule has 2 atom stereocenters. The fraction of sp³-hybridized carbons (Fsp3) is 1.00. The molecule has 0 fully saturated rings. The van der Waals surface area contributed by atoms with Crippen LogP contribution >= 0.6 is 0 Å². The van der Waals surface area contributed by atoms with Gasteiger partial charge in [0.1, 0.15) is 0 Å². The van der Waals surface area contributed by atoms with Crippen molar-refractivity contribution >= 4 is 0 Å². The smallest absolute Gasteiger partial charge is 0.237 e. The molecule has 15 heavy (non-hydrogen) atoms. The fourth-order valence-corrected chi connectivity index (χ4v) is 0.725. The van der Waals surface area contributed by atoms with Gasteiger partial charge in [0.25, 0.3) is 5.92 Å². The molecule has 1 unspecified atom stereocenters. The third-order valence-electron chi connectivity index (χ3n) is 1.79.